The molecule has 1 aromatic carbocycles. The third-order valence-corrected chi connectivity index (χ3v) is 4.19. The summed E-state index contributed by atoms with van der Waals surface area (Å²) in [5, 5.41) is 11.9. The van der Waals surface area contributed by atoms with Crippen LogP contribution >= 0.6 is 0 Å². The molecule has 2 atom stereocenters. The minimum absolute atomic E-state index is 0.0479. The van der Waals surface area contributed by atoms with Gasteiger partial charge in [0.25, 0.3) is 0 Å². The number of nitrogens with one attached hydrogen (secondary N) is 1. The minimum atomic E-state index is -1.06. The number of carbonyl (C=O) groups excluding carboxylic acids is 3. The van der Waals surface area contributed by atoms with Gasteiger partial charge in [0.2, 0.25) is 5.91 Å². The topological polar surface area (TPSA) is 119 Å². The van der Waals surface area contributed by atoms with Gasteiger partial charge in [-0.05, 0) is 31.0 Å². The zero-order valence-corrected chi connectivity index (χ0v) is 14.4. The highest BCUT2D eigenvalue weighted by Crippen LogP contribution is 2.28. The molecule has 0 heterocycles. The van der Waals surface area contributed by atoms with Crippen LogP contribution < -0.4 is 5.32 Å². The van der Waals surface area contributed by atoms with Crippen molar-refractivity contribution in [2.45, 2.75) is 12.8 Å². The molecule has 0 aromatic heterocycles. The second-order valence-electron chi connectivity index (χ2n) is 5.73. The molecule has 0 fully saturated rings. The van der Waals surface area contributed by atoms with Crippen molar-refractivity contribution in [3.8, 4) is 0 Å². The van der Waals surface area contributed by atoms with E-state index >= 15 is 0 Å². The van der Waals surface area contributed by atoms with E-state index in [0.29, 0.717) is 0 Å². The van der Waals surface area contributed by atoms with Crippen LogP contribution in [0.3, 0.4) is 0 Å². The van der Waals surface area contributed by atoms with Gasteiger partial charge in [-0.2, -0.15) is 0 Å². The molecule has 1 aromatic rings. The number of benzene rings is 1. The van der Waals surface area contributed by atoms with Gasteiger partial charge in [0.05, 0.1) is 42.9 Å². The van der Waals surface area contributed by atoms with Gasteiger partial charge in [0.15, 0.2) is 0 Å². The van der Waals surface area contributed by atoms with E-state index in [2.05, 4.69) is 14.8 Å². The Hall–Kier alpha value is -3.16. The first kappa shape index (κ1) is 19.2. The molecule has 0 bridgehead atoms. The fraction of sp³-hybridized carbons (Fsp3) is 0.333. The van der Waals surface area contributed by atoms with Gasteiger partial charge in [0.1, 0.15) is 0 Å². The molecule has 0 saturated carbocycles. The minimum Gasteiger partial charge on any atom is -0.481 e. The summed E-state index contributed by atoms with van der Waals surface area (Å²) in [6, 6.07) is 4.00. The van der Waals surface area contributed by atoms with E-state index in [0.717, 1.165) is 0 Å². The lowest BCUT2D eigenvalue weighted by Gasteiger charge is -2.24. The number of rotatable bonds is 5. The second-order valence-corrected chi connectivity index (χ2v) is 5.73. The van der Waals surface area contributed by atoms with Crippen LogP contribution in [0.25, 0.3) is 0 Å². The van der Waals surface area contributed by atoms with E-state index in [1.807, 2.05) is 0 Å². The van der Waals surface area contributed by atoms with E-state index < -0.39 is 35.7 Å². The molecule has 1 aliphatic carbocycles. The van der Waals surface area contributed by atoms with Crippen LogP contribution in [-0.4, -0.2) is 43.1 Å². The molecular formula is C18H19NO7. The van der Waals surface area contributed by atoms with E-state index in [9.17, 15) is 24.3 Å². The first-order valence-corrected chi connectivity index (χ1v) is 7.88. The van der Waals surface area contributed by atoms with Crippen LogP contribution in [0.4, 0.5) is 5.69 Å². The zero-order chi connectivity index (χ0) is 19.3. The molecule has 8 nitrogen and oxygen atoms in total. The van der Waals surface area contributed by atoms with Gasteiger partial charge < -0.3 is 19.9 Å². The Morgan fingerprint density at radius 2 is 1.62 bits per heavy atom. The van der Waals surface area contributed by atoms with Gasteiger partial charge >= 0.3 is 17.9 Å². The fourth-order valence-corrected chi connectivity index (χ4v) is 2.78. The first-order valence-electron chi connectivity index (χ1n) is 7.88. The van der Waals surface area contributed by atoms with Gasteiger partial charge in [-0.25, -0.2) is 9.59 Å². The number of hydrogen-bond acceptors (Lipinski definition) is 6. The molecule has 1 aliphatic rings. The average Bonchev–Trinajstić information content (AvgIpc) is 2.66. The number of anilines is 1. The summed E-state index contributed by atoms with van der Waals surface area (Å²) in [4.78, 5) is 47.6. The first-order chi connectivity index (χ1) is 12.4. The zero-order valence-electron chi connectivity index (χ0n) is 14.4. The lowest BCUT2D eigenvalue weighted by molar-refractivity contribution is -0.146. The molecule has 0 aliphatic heterocycles. The van der Waals surface area contributed by atoms with Gasteiger partial charge in [-0.1, -0.05) is 12.2 Å². The number of carbonyl (C=O) groups is 4. The Bertz CT molecular complexity index is 769. The third-order valence-electron chi connectivity index (χ3n) is 4.19. The van der Waals surface area contributed by atoms with Crippen LogP contribution in [0.2, 0.25) is 0 Å². The van der Waals surface area contributed by atoms with Crippen LogP contribution in [-0.2, 0) is 19.1 Å². The number of ether oxygens (including phenoxy) is 2. The van der Waals surface area contributed by atoms with Crippen molar-refractivity contribution in [3.05, 3.63) is 41.5 Å². The van der Waals surface area contributed by atoms with Crippen molar-refractivity contribution in [1.82, 2.24) is 0 Å². The summed E-state index contributed by atoms with van der Waals surface area (Å²) < 4.78 is 9.31. The molecule has 8 heteroatoms. The SMILES string of the molecule is COC(=O)c1ccc(C(=O)OC)c(NC(=O)[C@@H]2CC=CC[C@@H]2C(=O)O)c1. The number of methoxy groups -OCH3 is 2. The lowest BCUT2D eigenvalue weighted by atomic mass is 9.82. The maximum Gasteiger partial charge on any atom is 0.339 e. The van der Waals surface area contributed by atoms with E-state index in [4.69, 9.17) is 0 Å². The Morgan fingerprint density at radius 3 is 2.19 bits per heavy atom. The summed E-state index contributed by atoms with van der Waals surface area (Å²) in [5.41, 5.74) is 0.240. The molecule has 2 rings (SSSR count). The normalized spacial score (nSPS) is 18.7. The molecule has 0 unspecified atom stereocenters. The highest BCUT2D eigenvalue weighted by Gasteiger charge is 2.34. The van der Waals surface area contributed by atoms with Crippen molar-refractivity contribution >= 4 is 29.5 Å². The fourth-order valence-electron chi connectivity index (χ4n) is 2.78. The summed E-state index contributed by atoms with van der Waals surface area (Å²) in [7, 11) is 2.40. The Morgan fingerprint density at radius 1 is 1.00 bits per heavy atom. The molecule has 0 saturated heterocycles. The lowest BCUT2D eigenvalue weighted by Crippen LogP contribution is -2.35. The molecule has 138 valence electrons. The van der Waals surface area contributed by atoms with Crippen molar-refractivity contribution in [3.63, 3.8) is 0 Å². The monoisotopic (exact) mass is 361 g/mol. The summed E-state index contributed by atoms with van der Waals surface area (Å²) >= 11 is 0. The summed E-state index contributed by atoms with van der Waals surface area (Å²) in [6.45, 7) is 0. The second kappa shape index (κ2) is 8.28. The highest BCUT2D eigenvalue weighted by molar-refractivity contribution is 6.04. The molecule has 0 spiro atoms. The predicted molar refractivity (Wildman–Crippen MR) is 90.7 cm³/mol. The van der Waals surface area contributed by atoms with Crippen LogP contribution in [0, 0.1) is 11.8 Å². The maximum absolute atomic E-state index is 12.6. The van der Waals surface area contributed by atoms with Crippen LogP contribution in [0.5, 0.6) is 0 Å². The van der Waals surface area contributed by atoms with Gasteiger partial charge in [0, 0.05) is 0 Å². The smallest absolute Gasteiger partial charge is 0.339 e. The molecule has 1 amide bonds. The Kier molecular flexibility index (Phi) is 6.11. The van der Waals surface area contributed by atoms with Crippen LogP contribution in [0.1, 0.15) is 33.6 Å². The number of aliphatic carboxylic acids is 1. The number of carboxylic acid groups (broad SMARTS) is 1. The standard InChI is InChI=1S/C18H19NO7/c1-25-17(23)10-7-8-13(18(24)26-2)14(9-10)19-15(20)11-5-3-4-6-12(11)16(21)22/h3-4,7-9,11-12H,5-6H2,1-2H3,(H,19,20)(H,21,22)/t11-,12+/m1/s1. The van der Waals surface area contributed by atoms with E-state index in [1.54, 1.807) is 12.2 Å². The molecule has 0 radical (unpaired) electrons. The van der Waals surface area contributed by atoms with Crippen molar-refractivity contribution in [1.29, 1.82) is 0 Å². The largest absolute Gasteiger partial charge is 0.481 e. The Balaban J connectivity index is 2.34. The van der Waals surface area contributed by atoms with E-state index in [-0.39, 0.29) is 29.7 Å². The number of amides is 1. The van der Waals surface area contributed by atoms with Gasteiger partial charge in [-0.15, -0.1) is 0 Å². The summed E-state index contributed by atoms with van der Waals surface area (Å²) in [6.07, 6.45) is 3.99. The highest BCUT2D eigenvalue weighted by atomic mass is 16.5. The molecular weight excluding hydrogens is 342 g/mol. The van der Waals surface area contributed by atoms with Crippen molar-refractivity contribution < 1.29 is 33.8 Å². The summed E-state index contributed by atoms with van der Waals surface area (Å²) in [5.74, 6) is -4.59. The quantitative estimate of drug-likeness (QED) is 0.607. The molecule has 26 heavy (non-hydrogen) atoms. The van der Waals surface area contributed by atoms with Crippen molar-refractivity contribution in [2.75, 3.05) is 19.5 Å². The maximum atomic E-state index is 12.6. The number of esters is 2. The molecule has 2 N–H and O–H groups in total. The number of carboxylic acids is 1. The van der Waals surface area contributed by atoms with Crippen molar-refractivity contribution in [2.24, 2.45) is 11.8 Å². The number of hydrogen-bond donors (Lipinski definition) is 2. The van der Waals surface area contributed by atoms with E-state index in [1.165, 1.54) is 32.4 Å². The predicted octanol–water partition coefficient (Wildman–Crippen LogP) is 1.87. The average molecular weight is 361 g/mol. The van der Waals surface area contributed by atoms with Crippen LogP contribution in [0.15, 0.2) is 30.4 Å². The van der Waals surface area contributed by atoms with Gasteiger partial charge in [-0.3, -0.25) is 9.59 Å². The number of allylic oxidation sites excluding steroid dienone is 2. The third kappa shape index (κ3) is 4.08. The Labute approximate surface area is 149 Å².